The van der Waals surface area contributed by atoms with Gasteiger partial charge in [0.2, 0.25) is 0 Å². The number of nitrogens with zero attached hydrogens (tertiary/aromatic N) is 2. The van der Waals surface area contributed by atoms with Crippen LogP contribution in [0.5, 0.6) is 0 Å². The Balaban J connectivity index is 1.43. The molecule has 28 heavy (non-hydrogen) atoms. The Labute approximate surface area is 169 Å². The van der Waals surface area contributed by atoms with E-state index >= 15 is 0 Å². The predicted molar refractivity (Wildman–Crippen MR) is 123 cm³/mol. The lowest BCUT2D eigenvalue weighted by atomic mass is 10.1. The molecule has 0 aliphatic rings. The summed E-state index contributed by atoms with van der Waals surface area (Å²) in [4.78, 5) is 11.5. The van der Waals surface area contributed by atoms with Crippen LogP contribution in [0.3, 0.4) is 0 Å². The molecule has 0 spiro atoms. The summed E-state index contributed by atoms with van der Waals surface area (Å²) >= 11 is 3.64. The van der Waals surface area contributed by atoms with Gasteiger partial charge in [-0.3, -0.25) is 9.97 Å². The monoisotopic (exact) mass is 394 g/mol. The Hall–Kier alpha value is -3.08. The van der Waals surface area contributed by atoms with E-state index in [4.69, 9.17) is 0 Å². The van der Waals surface area contributed by atoms with Crippen molar-refractivity contribution in [2.45, 2.75) is 0 Å². The zero-order valence-electron chi connectivity index (χ0n) is 14.8. The lowest BCUT2D eigenvalue weighted by Crippen LogP contribution is -1.76. The lowest BCUT2D eigenvalue weighted by Gasteiger charge is -1.96. The molecular weight excluding hydrogens is 380 g/mol. The molecule has 0 saturated carbocycles. The lowest BCUT2D eigenvalue weighted by molar-refractivity contribution is 1.42. The molecule has 0 fully saturated rings. The van der Waals surface area contributed by atoms with Crippen LogP contribution in [0, 0.1) is 0 Å². The standard InChI is InChI=1S/C24H14N2S2/c1-3-17-19-13-15(27-23(19)9-7-21(17)25-11-1)5-6-16-14-20-18-4-2-12-26-22(18)8-10-24(20)28-16/h1-14H/b6-5+. The van der Waals surface area contributed by atoms with Crippen molar-refractivity contribution in [3.8, 4) is 0 Å². The maximum atomic E-state index is 4.47. The molecule has 132 valence electrons. The Morgan fingerprint density at radius 1 is 0.571 bits per heavy atom. The smallest absolute Gasteiger partial charge is 0.0708 e. The number of fused-ring (bicyclic) bond motifs is 6. The van der Waals surface area contributed by atoms with Crippen molar-refractivity contribution in [1.29, 1.82) is 0 Å². The highest BCUT2D eigenvalue weighted by molar-refractivity contribution is 7.20. The number of aromatic nitrogens is 2. The summed E-state index contributed by atoms with van der Waals surface area (Å²) in [7, 11) is 0. The molecule has 0 radical (unpaired) electrons. The number of hydrogen-bond donors (Lipinski definition) is 0. The Morgan fingerprint density at radius 3 is 1.57 bits per heavy atom. The van der Waals surface area contributed by atoms with Crippen LogP contribution in [0.25, 0.3) is 54.1 Å². The molecule has 0 amide bonds. The van der Waals surface area contributed by atoms with Crippen LogP contribution in [0.4, 0.5) is 0 Å². The molecule has 0 saturated heterocycles. The van der Waals surface area contributed by atoms with Crippen LogP contribution < -0.4 is 0 Å². The fourth-order valence-corrected chi connectivity index (χ4v) is 5.68. The Kier molecular flexibility index (Phi) is 3.54. The third kappa shape index (κ3) is 2.53. The number of hydrogen-bond acceptors (Lipinski definition) is 4. The van der Waals surface area contributed by atoms with Gasteiger partial charge < -0.3 is 0 Å². The summed E-state index contributed by atoms with van der Waals surface area (Å²) < 4.78 is 2.60. The molecule has 2 aromatic carbocycles. The van der Waals surface area contributed by atoms with Crippen molar-refractivity contribution in [3.05, 3.63) is 82.8 Å². The van der Waals surface area contributed by atoms with E-state index in [0.717, 1.165) is 11.0 Å². The summed E-state index contributed by atoms with van der Waals surface area (Å²) in [6.07, 6.45) is 8.14. The van der Waals surface area contributed by atoms with Gasteiger partial charge in [-0.25, -0.2) is 0 Å². The van der Waals surface area contributed by atoms with Crippen LogP contribution in [0.1, 0.15) is 9.75 Å². The van der Waals surface area contributed by atoms with Crippen molar-refractivity contribution in [2.24, 2.45) is 0 Å². The first-order chi connectivity index (χ1) is 13.8. The highest BCUT2D eigenvalue weighted by atomic mass is 32.1. The second-order valence-electron chi connectivity index (χ2n) is 6.73. The SMILES string of the molecule is C(=C\c1cc2c(ccc3ncccc32)s1)/c1cc2c(ccc3ncccc32)s1. The van der Waals surface area contributed by atoms with Crippen molar-refractivity contribution in [1.82, 2.24) is 9.97 Å². The minimum Gasteiger partial charge on any atom is -0.256 e. The van der Waals surface area contributed by atoms with E-state index in [1.165, 1.54) is 40.7 Å². The van der Waals surface area contributed by atoms with Crippen LogP contribution in [-0.2, 0) is 0 Å². The summed E-state index contributed by atoms with van der Waals surface area (Å²) in [5, 5.41) is 5.00. The first kappa shape index (κ1) is 15.9. The van der Waals surface area contributed by atoms with E-state index in [0.29, 0.717) is 0 Å². The minimum atomic E-state index is 1.05. The van der Waals surface area contributed by atoms with Gasteiger partial charge in [-0.2, -0.15) is 0 Å². The molecule has 0 N–H and O–H groups in total. The summed E-state index contributed by atoms with van der Waals surface area (Å²) in [6, 6.07) is 21.4. The van der Waals surface area contributed by atoms with Gasteiger partial charge in [-0.15, -0.1) is 22.7 Å². The Morgan fingerprint density at radius 2 is 1.07 bits per heavy atom. The molecule has 6 rings (SSSR count). The molecule has 0 aliphatic heterocycles. The average molecular weight is 395 g/mol. The van der Waals surface area contributed by atoms with Gasteiger partial charge >= 0.3 is 0 Å². The van der Waals surface area contributed by atoms with Crippen molar-refractivity contribution in [2.75, 3.05) is 0 Å². The van der Waals surface area contributed by atoms with Gasteiger partial charge in [0.05, 0.1) is 11.0 Å². The number of rotatable bonds is 2. The number of pyridine rings is 2. The molecule has 4 aromatic heterocycles. The van der Waals surface area contributed by atoms with Crippen molar-refractivity contribution < 1.29 is 0 Å². The van der Waals surface area contributed by atoms with Crippen LogP contribution in [0.15, 0.2) is 73.1 Å². The zero-order chi connectivity index (χ0) is 18.5. The molecule has 2 nitrogen and oxygen atoms in total. The highest BCUT2D eigenvalue weighted by Gasteiger charge is 2.06. The Bertz CT molecular complexity index is 1410. The maximum absolute atomic E-state index is 4.47. The first-order valence-corrected chi connectivity index (χ1v) is 10.7. The van der Waals surface area contributed by atoms with E-state index in [2.05, 4.69) is 70.7 Å². The van der Waals surface area contributed by atoms with Gasteiger partial charge in [-0.05, 0) is 60.7 Å². The fourth-order valence-electron chi connectivity index (χ4n) is 3.71. The topological polar surface area (TPSA) is 25.8 Å². The second kappa shape index (κ2) is 6.23. The van der Waals surface area contributed by atoms with Crippen molar-refractivity contribution >= 4 is 76.8 Å². The van der Waals surface area contributed by atoms with E-state index < -0.39 is 0 Å². The third-order valence-electron chi connectivity index (χ3n) is 5.01. The van der Waals surface area contributed by atoms with Crippen LogP contribution in [0.2, 0.25) is 0 Å². The molecule has 0 bridgehead atoms. The van der Waals surface area contributed by atoms with E-state index in [-0.39, 0.29) is 0 Å². The first-order valence-electron chi connectivity index (χ1n) is 9.08. The summed E-state index contributed by atoms with van der Waals surface area (Å²) in [6.45, 7) is 0. The third-order valence-corrected chi connectivity index (χ3v) is 7.15. The quantitative estimate of drug-likeness (QED) is 0.306. The predicted octanol–water partition coefficient (Wildman–Crippen LogP) is 7.38. The minimum absolute atomic E-state index is 1.05. The van der Waals surface area contributed by atoms with Gasteiger partial charge in [0, 0.05) is 53.1 Å². The summed E-state index contributed by atoms with van der Waals surface area (Å²) in [5.41, 5.74) is 2.10. The maximum Gasteiger partial charge on any atom is 0.0708 e. The van der Waals surface area contributed by atoms with E-state index in [1.807, 2.05) is 47.2 Å². The molecule has 4 heterocycles. The van der Waals surface area contributed by atoms with E-state index in [1.54, 1.807) is 0 Å². The second-order valence-corrected chi connectivity index (χ2v) is 8.96. The average Bonchev–Trinajstić information content (AvgIpc) is 3.36. The highest BCUT2D eigenvalue weighted by Crippen LogP contribution is 2.34. The molecule has 6 aromatic rings. The number of benzene rings is 2. The molecule has 0 atom stereocenters. The molecular formula is C24H14N2S2. The van der Waals surface area contributed by atoms with Crippen LogP contribution in [-0.4, -0.2) is 9.97 Å². The van der Waals surface area contributed by atoms with Gasteiger partial charge in [0.25, 0.3) is 0 Å². The molecule has 4 heteroatoms. The fraction of sp³-hybridized carbons (Fsp3) is 0. The summed E-state index contributed by atoms with van der Waals surface area (Å²) in [5.74, 6) is 0. The van der Waals surface area contributed by atoms with Gasteiger partial charge in [0.15, 0.2) is 0 Å². The molecule has 0 unspecified atom stereocenters. The van der Waals surface area contributed by atoms with Gasteiger partial charge in [-0.1, -0.05) is 12.1 Å². The zero-order valence-corrected chi connectivity index (χ0v) is 16.4. The molecule has 0 aliphatic carbocycles. The van der Waals surface area contributed by atoms with Crippen molar-refractivity contribution in [3.63, 3.8) is 0 Å². The number of thiophene rings is 2. The largest absolute Gasteiger partial charge is 0.256 e. The van der Waals surface area contributed by atoms with Gasteiger partial charge in [0.1, 0.15) is 0 Å². The van der Waals surface area contributed by atoms with E-state index in [9.17, 15) is 0 Å². The van der Waals surface area contributed by atoms with Crippen LogP contribution >= 0.6 is 22.7 Å². The normalized spacial score (nSPS) is 12.1.